The first-order valence-electron chi connectivity index (χ1n) is 12.8. The number of rotatable bonds is 8. The largest absolute Gasteiger partial charge is 0.350 e. The van der Waals surface area contributed by atoms with E-state index in [0.717, 1.165) is 11.1 Å². The van der Waals surface area contributed by atoms with Crippen LogP contribution >= 0.6 is 11.6 Å². The number of carbonyl (C=O) groups excluding carboxylic acids is 3. The maximum atomic E-state index is 14.0. The van der Waals surface area contributed by atoms with Crippen LogP contribution in [0.5, 0.6) is 0 Å². The molecule has 5 rings (SSSR count). The second kappa shape index (κ2) is 11.3. The fourth-order valence-corrected chi connectivity index (χ4v) is 5.27. The first-order chi connectivity index (χ1) is 18.9. The lowest BCUT2D eigenvalue weighted by Crippen LogP contribution is -2.49. The summed E-state index contributed by atoms with van der Waals surface area (Å²) >= 11 is 6.08. The second-order valence-corrected chi connectivity index (χ2v) is 9.96. The number of benzene rings is 3. The molecule has 9 heteroatoms. The van der Waals surface area contributed by atoms with E-state index in [-0.39, 0.29) is 43.2 Å². The maximum Gasteiger partial charge on any atom is 0.322 e. The quantitative estimate of drug-likeness (QED) is 0.434. The van der Waals surface area contributed by atoms with Crippen LogP contribution < -0.4 is 10.6 Å². The molecule has 200 valence electrons. The smallest absolute Gasteiger partial charge is 0.322 e. The van der Waals surface area contributed by atoms with Gasteiger partial charge in [-0.2, -0.15) is 0 Å². The summed E-state index contributed by atoms with van der Waals surface area (Å²) in [7, 11) is 0. The molecular weight excluding hydrogens is 519 g/mol. The van der Waals surface area contributed by atoms with E-state index in [1.807, 2.05) is 37.3 Å². The van der Waals surface area contributed by atoms with Crippen molar-refractivity contribution in [1.29, 1.82) is 0 Å². The zero-order valence-corrected chi connectivity index (χ0v) is 22.1. The molecule has 2 atom stereocenters. The van der Waals surface area contributed by atoms with Gasteiger partial charge in [-0.3, -0.25) is 14.5 Å². The average Bonchev–Trinajstić information content (AvgIpc) is 3.27. The molecule has 2 N–H and O–H groups in total. The molecule has 3 aromatic rings. The van der Waals surface area contributed by atoms with Gasteiger partial charge in [0.05, 0.1) is 23.9 Å². The second-order valence-electron chi connectivity index (χ2n) is 9.52. The minimum absolute atomic E-state index is 0.115. The number of carbonyl (C=O) groups is 3. The molecule has 0 radical (unpaired) electrons. The van der Waals surface area contributed by atoms with Gasteiger partial charge in [-0.15, -0.1) is 0 Å². The maximum absolute atomic E-state index is 14.0. The lowest BCUT2D eigenvalue weighted by atomic mass is 9.95. The first-order valence-corrected chi connectivity index (χ1v) is 13.2. The van der Waals surface area contributed by atoms with Gasteiger partial charge in [-0.05, 0) is 47.9 Å². The molecule has 7 nitrogen and oxygen atoms in total. The Balaban J connectivity index is 1.46. The van der Waals surface area contributed by atoms with Crippen molar-refractivity contribution in [2.45, 2.75) is 32.0 Å². The zero-order valence-electron chi connectivity index (χ0n) is 21.4. The molecule has 0 spiro atoms. The third-order valence-electron chi connectivity index (χ3n) is 7.08. The predicted octanol–water partition coefficient (Wildman–Crippen LogP) is 4.59. The van der Waals surface area contributed by atoms with E-state index in [4.69, 9.17) is 11.6 Å². The van der Waals surface area contributed by atoms with Crippen molar-refractivity contribution >= 4 is 29.4 Å². The molecule has 0 saturated heterocycles. The highest BCUT2D eigenvalue weighted by atomic mass is 35.5. The van der Waals surface area contributed by atoms with Crippen molar-refractivity contribution in [2.24, 2.45) is 0 Å². The van der Waals surface area contributed by atoms with Gasteiger partial charge in [0.25, 0.3) is 5.91 Å². The number of amides is 4. The van der Waals surface area contributed by atoms with Gasteiger partial charge in [-0.1, -0.05) is 66.2 Å². The monoisotopic (exact) mass is 546 g/mol. The number of halogens is 2. The lowest BCUT2D eigenvalue weighted by molar-refractivity contribution is -0.136. The van der Waals surface area contributed by atoms with Crippen LogP contribution in [0.1, 0.15) is 29.7 Å². The molecule has 0 bridgehead atoms. The minimum atomic E-state index is -0.848. The van der Waals surface area contributed by atoms with Gasteiger partial charge in [-0.25, -0.2) is 9.18 Å². The highest BCUT2D eigenvalue weighted by Crippen LogP contribution is 2.37. The van der Waals surface area contributed by atoms with E-state index in [2.05, 4.69) is 10.6 Å². The SMILES string of the molecule is CCN1C(=O)N[C@@H](c2ccc(Cl)cc2)C2=C1CN([C@H](Cc1ccccc1)C(=O)NCc1cccc(F)c1)C2=O. The normalized spacial score (nSPS) is 17.7. The number of urea groups is 1. The van der Waals surface area contributed by atoms with Crippen LogP contribution in [0.2, 0.25) is 5.02 Å². The lowest BCUT2D eigenvalue weighted by Gasteiger charge is -2.32. The summed E-state index contributed by atoms with van der Waals surface area (Å²) in [4.78, 5) is 43.8. The van der Waals surface area contributed by atoms with E-state index >= 15 is 0 Å². The Labute approximate surface area is 231 Å². The van der Waals surface area contributed by atoms with Crippen LogP contribution in [0.25, 0.3) is 0 Å². The van der Waals surface area contributed by atoms with Gasteiger partial charge >= 0.3 is 6.03 Å². The van der Waals surface area contributed by atoms with E-state index in [9.17, 15) is 18.8 Å². The van der Waals surface area contributed by atoms with Crippen LogP contribution in [-0.4, -0.2) is 46.8 Å². The molecule has 2 heterocycles. The summed E-state index contributed by atoms with van der Waals surface area (Å²) in [6, 6.07) is 20.6. The Morgan fingerprint density at radius 2 is 1.77 bits per heavy atom. The molecule has 4 amide bonds. The standard InChI is InChI=1S/C30H28ClFN4O3/c1-2-35-25-18-36(29(38)26(25)27(34-30(35)39)21-11-13-22(31)14-12-21)24(16-19-7-4-3-5-8-19)28(37)33-17-20-9-6-10-23(32)15-20/h3-15,24,27H,2,16-18H2,1H3,(H,33,37)(H,34,39)/t24-,27+/m1/s1. The summed E-state index contributed by atoms with van der Waals surface area (Å²) < 4.78 is 13.7. The van der Waals surface area contributed by atoms with Crippen molar-refractivity contribution in [3.8, 4) is 0 Å². The van der Waals surface area contributed by atoms with Gasteiger partial charge in [0.2, 0.25) is 5.91 Å². The summed E-state index contributed by atoms with van der Waals surface area (Å²) in [5.41, 5.74) is 3.25. The molecule has 0 aliphatic carbocycles. The fourth-order valence-electron chi connectivity index (χ4n) is 5.14. The fraction of sp³-hybridized carbons (Fsp3) is 0.233. The van der Waals surface area contributed by atoms with E-state index in [0.29, 0.717) is 28.4 Å². The predicted molar refractivity (Wildman–Crippen MR) is 146 cm³/mol. The van der Waals surface area contributed by atoms with Crippen molar-refractivity contribution in [3.05, 3.63) is 118 Å². The molecule has 0 fully saturated rings. The van der Waals surface area contributed by atoms with Crippen molar-refractivity contribution in [3.63, 3.8) is 0 Å². The van der Waals surface area contributed by atoms with Gasteiger partial charge in [0.1, 0.15) is 11.9 Å². The average molecular weight is 547 g/mol. The Morgan fingerprint density at radius 1 is 1.05 bits per heavy atom. The summed E-state index contributed by atoms with van der Waals surface area (Å²) in [6.07, 6.45) is 0.279. The number of hydrogen-bond acceptors (Lipinski definition) is 3. The van der Waals surface area contributed by atoms with Crippen LogP contribution in [-0.2, 0) is 22.6 Å². The summed E-state index contributed by atoms with van der Waals surface area (Å²) in [6.45, 7) is 2.44. The first kappa shape index (κ1) is 26.4. The Morgan fingerprint density at radius 3 is 2.46 bits per heavy atom. The Kier molecular flexibility index (Phi) is 7.65. The van der Waals surface area contributed by atoms with Crippen molar-refractivity contribution < 1.29 is 18.8 Å². The van der Waals surface area contributed by atoms with Crippen molar-refractivity contribution in [1.82, 2.24) is 20.4 Å². The number of nitrogens with one attached hydrogen (secondary N) is 2. The Hall–Kier alpha value is -4.17. The number of nitrogens with zero attached hydrogens (tertiary/aromatic N) is 2. The molecular formula is C30H28ClFN4O3. The molecule has 0 saturated carbocycles. The van der Waals surface area contributed by atoms with E-state index in [1.54, 1.807) is 41.3 Å². The van der Waals surface area contributed by atoms with Gasteiger partial charge < -0.3 is 15.5 Å². The molecule has 2 aliphatic rings. The van der Waals surface area contributed by atoms with Crippen LogP contribution in [0.3, 0.4) is 0 Å². The minimum Gasteiger partial charge on any atom is -0.350 e. The summed E-state index contributed by atoms with van der Waals surface area (Å²) in [5.74, 6) is -1.06. The third kappa shape index (κ3) is 5.52. The van der Waals surface area contributed by atoms with Crippen LogP contribution in [0.4, 0.5) is 9.18 Å². The number of hydrogen-bond donors (Lipinski definition) is 2. The van der Waals surface area contributed by atoms with Crippen LogP contribution in [0, 0.1) is 5.82 Å². The van der Waals surface area contributed by atoms with Crippen molar-refractivity contribution in [2.75, 3.05) is 13.1 Å². The molecule has 2 aliphatic heterocycles. The molecule has 39 heavy (non-hydrogen) atoms. The van der Waals surface area contributed by atoms with Gasteiger partial charge in [0, 0.05) is 24.5 Å². The van der Waals surface area contributed by atoms with E-state index < -0.39 is 12.1 Å². The molecule has 0 aromatic heterocycles. The highest BCUT2D eigenvalue weighted by molar-refractivity contribution is 6.30. The number of likely N-dealkylation sites (N-methyl/N-ethyl adjacent to an activating group) is 1. The van der Waals surface area contributed by atoms with Crippen LogP contribution in [0.15, 0.2) is 90.1 Å². The summed E-state index contributed by atoms with van der Waals surface area (Å²) in [5, 5.41) is 6.37. The molecule has 3 aromatic carbocycles. The molecule has 0 unspecified atom stereocenters. The highest BCUT2D eigenvalue weighted by Gasteiger charge is 2.46. The third-order valence-corrected chi connectivity index (χ3v) is 7.33. The van der Waals surface area contributed by atoms with Gasteiger partial charge in [0.15, 0.2) is 0 Å². The zero-order chi connectivity index (χ0) is 27.5. The Bertz CT molecular complexity index is 1430. The van der Waals surface area contributed by atoms with E-state index in [1.165, 1.54) is 17.0 Å². The topological polar surface area (TPSA) is 81.8 Å².